The molecule has 0 bridgehead atoms. The van der Waals surface area contributed by atoms with E-state index in [2.05, 4.69) is 12.0 Å². The molecule has 0 aliphatic heterocycles. The first-order chi connectivity index (χ1) is 8.64. The highest BCUT2D eigenvalue weighted by Gasteiger charge is 2.42. The summed E-state index contributed by atoms with van der Waals surface area (Å²) in [5.74, 6) is 0.0819. The summed E-state index contributed by atoms with van der Waals surface area (Å²) in [5, 5.41) is 4.64. The lowest BCUT2D eigenvalue weighted by atomic mass is 9.80. The molecule has 1 heterocycles. The summed E-state index contributed by atoms with van der Waals surface area (Å²) >= 11 is 6.13. The van der Waals surface area contributed by atoms with E-state index in [1.807, 2.05) is 0 Å². The number of halogens is 1. The minimum atomic E-state index is -0.408. The zero-order valence-corrected chi connectivity index (χ0v) is 11.5. The highest BCUT2D eigenvalue weighted by molar-refractivity contribution is 6.33. The summed E-state index contributed by atoms with van der Waals surface area (Å²) in [6.07, 6.45) is 6.37. The van der Waals surface area contributed by atoms with Crippen molar-refractivity contribution in [2.24, 2.45) is 11.1 Å². The molecule has 18 heavy (non-hydrogen) atoms. The summed E-state index contributed by atoms with van der Waals surface area (Å²) in [6.45, 7) is 3.17. The molecule has 2 N–H and O–H groups in total. The average molecular weight is 270 g/mol. The number of hydrogen-bond acceptors (Lipinski definition) is 3. The van der Waals surface area contributed by atoms with Gasteiger partial charge in [-0.3, -0.25) is 9.48 Å². The third-order valence-electron chi connectivity index (χ3n) is 3.88. The Kier molecular flexibility index (Phi) is 4.07. The van der Waals surface area contributed by atoms with Crippen molar-refractivity contribution in [3.8, 4) is 0 Å². The number of ketones is 1. The van der Waals surface area contributed by atoms with Gasteiger partial charge in [0.15, 0.2) is 5.78 Å². The van der Waals surface area contributed by atoms with Crippen molar-refractivity contribution in [1.82, 2.24) is 9.78 Å². The van der Waals surface area contributed by atoms with Crippen LogP contribution in [-0.4, -0.2) is 22.1 Å². The van der Waals surface area contributed by atoms with E-state index in [1.54, 1.807) is 10.9 Å². The standard InChI is InChI=1S/C13H20ClN3O/c1-2-7-17-11(10(14)8-16-17)12(18)13(9-15)5-3-4-6-13/h8H,2-7,9,15H2,1H3. The van der Waals surface area contributed by atoms with Crippen molar-refractivity contribution in [2.45, 2.75) is 45.6 Å². The molecular formula is C13H20ClN3O. The van der Waals surface area contributed by atoms with Crippen molar-refractivity contribution in [3.63, 3.8) is 0 Å². The van der Waals surface area contributed by atoms with Gasteiger partial charge < -0.3 is 5.73 Å². The summed E-state index contributed by atoms with van der Waals surface area (Å²) < 4.78 is 1.72. The molecule has 1 aromatic rings. The predicted molar refractivity (Wildman–Crippen MR) is 71.8 cm³/mol. The molecule has 0 unspecified atom stereocenters. The Hall–Kier alpha value is -0.870. The first kappa shape index (κ1) is 13.6. The molecule has 5 heteroatoms. The summed E-state index contributed by atoms with van der Waals surface area (Å²) in [7, 11) is 0. The topological polar surface area (TPSA) is 60.9 Å². The van der Waals surface area contributed by atoms with E-state index < -0.39 is 5.41 Å². The molecule has 0 saturated heterocycles. The molecule has 0 spiro atoms. The van der Waals surface area contributed by atoms with E-state index in [0.29, 0.717) is 23.8 Å². The first-order valence-corrected chi connectivity index (χ1v) is 6.98. The largest absolute Gasteiger partial charge is 0.329 e. The van der Waals surface area contributed by atoms with Gasteiger partial charge in [-0.2, -0.15) is 5.10 Å². The second-order valence-corrected chi connectivity index (χ2v) is 5.49. The van der Waals surface area contributed by atoms with Crippen LogP contribution in [-0.2, 0) is 6.54 Å². The number of nitrogens with zero attached hydrogens (tertiary/aromatic N) is 2. The molecule has 1 fully saturated rings. The van der Waals surface area contributed by atoms with Gasteiger partial charge in [-0.05, 0) is 19.3 Å². The fraction of sp³-hybridized carbons (Fsp3) is 0.692. The van der Waals surface area contributed by atoms with Gasteiger partial charge in [0.05, 0.1) is 11.2 Å². The second-order valence-electron chi connectivity index (χ2n) is 5.08. The Morgan fingerprint density at radius 2 is 2.22 bits per heavy atom. The molecule has 1 aromatic heterocycles. The molecule has 4 nitrogen and oxygen atoms in total. The molecular weight excluding hydrogens is 250 g/mol. The monoisotopic (exact) mass is 269 g/mol. The highest BCUT2D eigenvalue weighted by Crippen LogP contribution is 2.41. The maximum Gasteiger partial charge on any atom is 0.189 e. The fourth-order valence-electron chi connectivity index (χ4n) is 2.80. The average Bonchev–Trinajstić information content (AvgIpc) is 2.97. The predicted octanol–water partition coefficient (Wildman–Crippen LogP) is 2.65. The van der Waals surface area contributed by atoms with Crippen LogP contribution in [0.15, 0.2) is 6.20 Å². The van der Waals surface area contributed by atoms with E-state index in [-0.39, 0.29) is 5.78 Å². The number of nitrogens with two attached hydrogens (primary N) is 1. The van der Waals surface area contributed by atoms with Crippen molar-refractivity contribution in [1.29, 1.82) is 0 Å². The number of hydrogen-bond donors (Lipinski definition) is 1. The molecule has 0 atom stereocenters. The molecule has 0 amide bonds. The van der Waals surface area contributed by atoms with Gasteiger partial charge in [0.2, 0.25) is 0 Å². The highest BCUT2D eigenvalue weighted by atomic mass is 35.5. The fourth-order valence-corrected chi connectivity index (χ4v) is 3.02. The van der Waals surface area contributed by atoms with Crippen LogP contribution >= 0.6 is 11.6 Å². The molecule has 0 radical (unpaired) electrons. The Morgan fingerprint density at radius 1 is 1.56 bits per heavy atom. The lowest BCUT2D eigenvalue weighted by molar-refractivity contribution is 0.0797. The van der Waals surface area contributed by atoms with Crippen molar-refractivity contribution in [2.75, 3.05) is 6.54 Å². The van der Waals surface area contributed by atoms with Crippen LogP contribution in [0.25, 0.3) is 0 Å². The van der Waals surface area contributed by atoms with E-state index in [0.717, 1.165) is 32.1 Å². The third kappa shape index (κ3) is 2.19. The van der Waals surface area contributed by atoms with E-state index >= 15 is 0 Å². The van der Waals surface area contributed by atoms with E-state index in [4.69, 9.17) is 17.3 Å². The number of aryl methyl sites for hydroxylation is 1. The Balaban J connectivity index is 2.35. The molecule has 1 aliphatic rings. The van der Waals surface area contributed by atoms with Crippen LogP contribution in [0.3, 0.4) is 0 Å². The van der Waals surface area contributed by atoms with Gasteiger partial charge in [-0.15, -0.1) is 0 Å². The SMILES string of the molecule is CCCn1ncc(Cl)c1C(=O)C1(CN)CCCC1. The number of carbonyl (C=O) groups excluding carboxylic acids is 1. The van der Waals surface area contributed by atoms with Gasteiger partial charge in [-0.25, -0.2) is 0 Å². The zero-order valence-electron chi connectivity index (χ0n) is 10.8. The van der Waals surface area contributed by atoms with Crippen molar-refractivity contribution in [3.05, 3.63) is 16.9 Å². The number of aromatic nitrogens is 2. The van der Waals surface area contributed by atoms with E-state index in [9.17, 15) is 4.79 Å². The Bertz CT molecular complexity index is 435. The molecule has 1 saturated carbocycles. The van der Waals surface area contributed by atoms with Crippen LogP contribution in [0.2, 0.25) is 5.02 Å². The first-order valence-electron chi connectivity index (χ1n) is 6.61. The lowest BCUT2D eigenvalue weighted by Gasteiger charge is -2.25. The van der Waals surface area contributed by atoms with Crippen molar-refractivity contribution >= 4 is 17.4 Å². The smallest absolute Gasteiger partial charge is 0.189 e. The minimum absolute atomic E-state index is 0.0819. The third-order valence-corrected chi connectivity index (χ3v) is 4.15. The second kappa shape index (κ2) is 5.41. The van der Waals surface area contributed by atoms with Crippen molar-refractivity contribution < 1.29 is 4.79 Å². The van der Waals surface area contributed by atoms with Gasteiger partial charge in [-0.1, -0.05) is 31.4 Å². The van der Waals surface area contributed by atoms with Crippen LogP contribution in [0.1, 0.15) is 49.5 Å². The lowest BCUT2D eigenvalue weighted by Crippen LogP contribution is -2.37. The maximum absolute atomic E-state index is 12.8. The maximum atomic E-state index is 12.8. The number of carbonyl (C=O) groups is 1. The van der Waals surface area contributed by atoms with Gasteiger partial charge >= 0.3 is 0 Å². The minimum Gasteiger partial charge on any atom is -0.329 e. The molecule has 100 valence electrons. The molecule has 0 aromatic carbocycles. The summed E-state index contributed by atoms with van der Waals surface area (Å²) in [4.78, 5) is 12.8. The molecule has 1 aliphatic carbocycles. The van der Waals surface area contributed by atoms with Crippen LogP contribution in [0.5, 0.6) is 0 Å². The van der Waals surface area contributed by atoms with E-state index in [1.165, 1.54) is 0 Å². The summed E-state index contributed by atoms with van der Waals surface area (Å²) in [6, 6.07) is 0. The Morgan fingerprint density at radius 3 is 2.78 bits per heavy atom. The van der Waals surface area contributed by atoms with Gasteiger partial charge in [0, 0.05) is 18.5 Å². The zero-order chi connectivity index (χ0) is 13.2. The van der Waals surface area contributed by atoms with Gasteiger partial charge in [0.25, 0.3) is 0 Å². The van der Waals surface area contributed by atoms with Crippen LogP contribution < -0.4 is 5.73 Å². The Labute approximate surface area is 112 Å². The normalized spacial score (nSPS) is 18.2. The van der Waals surface area contributed by atoms with Crippen LogP contribution in [0, 0.1) is 5.41 Å². The summed E-state index contributed by atoms with van der Waals surface area (Å²) in [5.41, 5.74) is 6.00. The molecule has 2 rings (SSSR count). The van der Waals surface area contributed by atoms with Gasteiger partial charge in [0.1, 0.15) is 5.69 Å². The number of rotatable bonds is 5. The van der Waals surface area contributed by atoms with Crippen LogP contribution in [0.4, 0.5) is 0 Å². The quantitative estimate of drug-likeness (QED) is 0.836. The number of Topliss-reactive ketones (excluding diaryl/α,β-unsaturated/α-hetero) is 1.